The first kappa shape index (κ1) is 10.4. The molecule has 2 nitrogen and oxygen atoms in total. The maximum absolute atomic E-state index is 13.1. The highest BCUT2D eigenvalue weighted by Gasteiger charge is 2.02. The van der Waals surface area contributed by atoms with Gasteiger partial charge < -0.3 is 5.73 Å². The summed E-state index contributed by atoms with van der Waals surface area (Å²) in [6.45, 7) is 0. The van der Waals surface area contributed by atoms with E-state index in [0.29, 0.717) is 5.56 Å². The number of nitrogens with two attached hydrogens (primary N) is 1. The minimum absolute atomic E-state index is 0.0317. The number of rotatable bonds is 2. The predicted octanol–water partition coefficient (Wildman–Crippen LogP) is 2.02. The Labute approximate surface area is 86.5 Å². The summed E-state index contributed by atoms with van der Waals surface area (Å²) in [5, 5.41) is 8.64. The number of hydrogen-bond acceptors (Lipinski definition) is 2. The van der Waals surface area contributed by atoms with Gasteiger partial charge in [-0.3, -0.25) is 0 Å². The molecule has 0 aliphatic rings. The van der Waals surface area contributed by atoms with E-state index in [1.807, 2.05) is 0 Å². The Hall–Kier alpha value is -1.73. The minimum atomic E-state index is -0.406. The van der Waals surface area contributed by atoms with E-state index in [1.54, 1.807) is 24.3 Å². The molecular weight excluding hydrogens is 199 g/mol. The van der Waals surface area contributed by atoms with Crippen molar-refractivity contribution >= 4 is 23.3 Å². The smallest absolute Gasteiger partial charge is 0.130 e. The molecular formula is C10H7FN2S. The van der Waals surface area contributed by atoms with E-state index in [2.05, 4.69) is 12.2 Å². The van der Waals surface area contributed by atoms with Gasteiger partial charge in [-0.05, 0) is 12.1 Å². The van der Waals surface area contributed by atoms with Crippen molar-refractivity contribution in [1.82, 2.24) is 0 Å². The van der Waals surface area contributed by atoms with Crippen molar-refractivity contribution in [3.63, 3.8) is 0 Å². The van der Waals surface area contributed by atoms with E-state index >= 15 is 0 Å². The molecule has 14 heavy (non-hydrogen) atoms. The van der Waals surface area contributed by atoms with Crippen LogP contribution >= 0.6 is 12.2 Å². The van der Waals surface area contributed by atoms with Gasteiger partial charge in [-0.1, -0.05) is 30.4 Å². The quantitative estimate of drug-likeness (QED) is 0.457. The molecule has 0 radical (unpaired) electrons. The molecule has 0 aromatic heterocycles. The van der Waals surface area contributed by atoms with Crippen molar-refractivity contribution in [1.29, 1.82) is 5.26 Å². The van der Waals surface area contributed by atoms with Crippen molar-refractivity contribution in [2.75, 3.05) is 0 Å². The first-order valence-electron chi connectivity index (χ1n) is 3.81. The number of nitrogens with zero attached hydrogens (tertiary/aromatic N) is 1. The molecule has 0 aliphatic carbocycles. The monoisotopic (exact) mass is 206 g/mol. The van der Waals surface area contributed by atoms with Crippen molar-refractivity contribution in [2.45, 2.75) is 0 Å². The Morgan fingerprint density at radius 2 is 2.14 bits per heavy atom. The van der Waals surface area contributed by atoms with E-state index in [0.717, 1.165) is 0 Å². The number of hydrogen-bond donors (Lipinski definition) is 1. The standard InChI is InChI=1S/C10H7FN2S/c11-9-4-2-1-3-7(9)5-8(6-12)10(13)14/h1-5H,(H2,13,14). The zero-order chi connectivity index (χ0) is 10.6. The molecule has 0 amide bonds. The average Bonchev–Trinajstić information content (AvgIpc) is 2.16. The summed E-state index contributed by atoms with van der Waals surface area (Å²) < 4.78 is 13.1. The number of thiocarbonyl (C=S) groups is 1. The fourth-order valence-electron chi connectivity index (χ4n) is 0.906. The summed E-state index contributed by atoms with van der Waals surface area (Å²) in [6.07, 6.45) is 1.33. The molecule has 0 bridgehead atoms. The van der Waals surface area contributed by atoms with Crippen LogP contribution in [0.2, 0.25) is 0 Å². The highest BCUT2D eigenvalue weighted by Crippen LogP contribution is 2.11. The second-order valence-corrected chi connectivity index (χ2v) is 3.00. The van der Waals surface area contributed by atoms with Crippen LogP contribution in [0, 0.1) is 17.1 Å². The van der Waals surface area contributed by atoms with Crippen molar-refractivity contribution in [3.8, 4) is 6.07 Å². The maximum atomic E-state index is 13.1. The third kappa shape index (κ3) is 2.38. The Bertz CT molecular complexity index is 432. The molecule has 0 spiro atoms. The number of benzene rings is 1. The molecule has 0 saturated carbocycles. The van der Waals surface area contributed by atoms with Crippen LogP contribution in [0.4, 0.5) is 4.39 Å². The topological polar surface area (TPSA) is 49.8 Å². The van der Waals surface area contributed by atoms with Gasteiger partial charge in [0.1, 0.15) is 16.9 Å². The minimum Gasteiger partial charge on any atom is -0.389 e. The lowest BCUT2D eigenvalue weighted by Crippen LogP contribution is -2.09. The van der Waals surface area contributed by atoms with Gasteiger partial charge in [0.05, 0.1) is 5.57 Å². The van der Waals surface area contributed by atoms with Crippen LogP contribution in [0.15, 0.2) is 29.8 Å². The van der Waals surface area contributed by atoms with E-state index in [9.17, 15) is 4.39 Å². The molecule has 0 saturated heterocycles. The molecule has 0 atom stereocenters. The lowest BCUT2D eigenvalue weighted by Gasteiger charge is -1.97. The fraction of sp³-hybridized carbons (Fsp3) is 0. The van der Waals surface area contributed by atoms with Gasteiger partial charge >= 0.3 is 0 Å². The van der Waals surface area contributed by atoms with Crippen LogP contribution < -0.4 is 5.73 Å². The number of nitriles is 1. The zero-order valence-electron chi connectivity index (χ0n) is 7.20. The third-order valence-electron chi connectivity index (χ3n) is 1.59. The third-order valence-corrected chi connectivity index (χ3v) is 1.81. The summed E-state index contributed by atoms with van der Waals surface area (Å²) in [5.74, 6) is -0.406. The molecule has 2 N–H and O–H groups in total. The SMILES string of the molecule is N#CC(=Cc1ccccc1F)C(N)=S. The maximum Gasteiger partial charge on any atom is 0.130 e. The molecule has 0 heterocycles. The largest absolute Gasteiger partial charge is 0.389 e. The van der Waals surface area contributed by atoms with Crippen molar-refractivity contribution in [3.05, 3.63) is 41.2 Å². The van der Waals surface area contributed by atoms with E-state index in [-0.39, 0.29) is 10.6 Å². The average molecular weight is 206 g/mol. The number of halogens is 1. The highest BCUT2D eigenvalue weighted by molar-refractivity contribution is 7.80. The second-order valence-electron chi connectivity index (χ2n) is 2.56. The molecule has 1 aromatic rings. The molecule has 70 valence electrons. The van der Waals surface area contributed by atoms with E-state index in [4.69, 9.17) is 11.0 Å². The first-order valence-corrected chi connectivity index (χ1v) is 4.22. The van der Waals surface area contributed by atoms with Crippen LogP contribution in [-0.4, -0.2) is 4.99 Å². The molecule has 1 aromatic carbocycles. The summed E-state index contributed by atoms with van der Waals surface area (Å²) >= 11 is 4.62. The van der Waals surface area contributed by atoms with Crippen molar-refractivity contribution in [2.24, 2.45) is 5.73 Å². The van der Waals surface area contributed by atoms with Gasteiger partial charge in [-0.2, -0.15) is 5.26 Å². The van der Waals surface area contributed by atoms with E-state index < -0.39 is 5.82 Å². The lowest BCUT2D eigenvalue weighted by molar-refractivity contribution is 0.625. The van der Waals surface area contributed by atoms with Crippen LogP contribution in [-0.2, 0) is 0 Å². The molecule has 0 aliphatic heterocycles. The van der Waals surface area contributed by atoms with Gasteiger partial charge in [-0.15, -0.1) is 0 Å². The first-order chi connectivity index (χ1) is 6.65. The zero-order valence-corrected chi connectivity index (χ0v) is 8.01. The van der Waals surface area contributed by atoms with Gasteiger partial charge in [0.25, 0.3) is 0 Å². The Morgan fingerprint density at radius 1 is 1.50 bits per heavy atom. The molecule has 0 fully saturated rings. The van der Waals surface area contributed by atoms with Crippen LogP contribution in [0.3, 0.4) is 0 Å². The second kappa shape index (κ2) is 4.49. The lowest BCUT2D eigenvalue weighted by atomic mass is 10.1. The Balaban J connectivity index is 3.15. The van der Waals surface area contributed by atoms with Gasteiger partial charge in [0, 0.05) is 5.56 Å². The summed E-state index contributed by atoms with van der Waals surface area (Å²) in [4.78, 5) is -0.0317. The Morgan fingerprint density at radius 3 is 2.64 bits per heavy atom. The van der Waals surface area contributed by atoms with E-state index in [1.165, 1.54) is 12.1 Å². The van der Waals surface area contributed by atoms with Crippen LogP contribution in [0.5, 0.6) is 0 Å². The normalized spacial score (nSPS) is 10.7. The summed E-state index contributed by atoms with van der Waals surface area (Å²) in [5.41, 5.74) is 5.67. The van der Waals surface area contributed by atoms with Crippen molar-refractivity contribution < 1.29 is 4.39 Å². The molecule has 4 heteroatoms. The van der Waals surface area contributed by atoms with Crippen LogP contribution in [0.1, 0.15) is 5.56 Å². The predicted molar refractivity (Wildman–Crippen MR) is 56.8 cm³/mol. The molecule has 0 unspecified atom stereocenters. The van der Waals surface area contributed by atoms with Gasteiger partial charge in [0.2, 0.25) is 0 Å². The molecule has 1 rings (SSSR count). The fourth-order valence-corrected chi connectivity index (χ4v) is 1.01. The highest BCUT2D eigenvalue weighted by atomic mass is 32.1. The Kier molecular flexibility index (Phi) is 3.32. The van der Waals surface area contributed by atoms with Gasteiger partial charge in [0.15, 0.2) is 0 Å². The van der Waals surface area contributed by atoms with Crippen LogP contribution in [0.25, 0.3) is 6.08 Å². The van der Waals surface area contributed by atoms with Gasteiger partial charge in [-0.25, -0.2) is 4.39 Å². The summed E-state index contributed by atoms with van der Waals surface area (Å²) in [7, 11) is 0. The summed E-state index contributed by atoms with van der Waals surface area (Å²) in [6, 6.07) is 7.90.